The van der Waals surface area contributed by atoms with Gasteiger partial charge < -0.3 is 5.32 Å². The van der Waals surface area contributed by atoms with Gasteiger partial charge in [-0.15, -0.1) is 0 Å². The molecule has 0 saturated heterocycles. The maximum atomic E-state index is 5.98. The standard InChI is InChI=1S/C14H14BrClN2/c1-10(12-3-2-4-14(16)6-12)18-8-11-5-13(15)9-17-7-11/h2-7,9-10,18H,8H2,1H3/t10-/m0/s1. The van der Waals surface area contributed by atoms with Crippen molar-refractivity contribution in [1.29, 1.82) is 0 Å². The van der Waals surface area contributed by atoms with Gasteiger partial charge in [0.15, 0.2) is 0 Å². The summed E-state index contributed by atoms with van der Waals surface area (Å²) in [6.45, 7) is 2.90. The number of benzene rings is 1. The topological polar surface area (TPSA) is 24.9 Å². The molecule has 0 bridgehead atoms. The van der Waals surface area contributed by atoms with Crippen molar-refractivity contribution in [2.24, 2.45) is 0 Å². The van der Waals surface area contributed by atoms with Crippen LogP contribution in [0, 0.1) is 0 Å². The van der Waals surface area contributed by atoms with E-state index in [1.54, 1.807) is 6.20 Å². The number of hydrogen-bond acceptors (Lipinski definition) is 2. The molecule has 2 rings (SSSR count). The normalized spacial score (nSPS) is 12.4. The molecule has 0 unspecified atom stereocenters. The molecular weight excluding hydrogens is 312 g/mol. The fourth-order valence-corrected chi connectivity index (χ4v) is 2.33. The third-order valence-electron chi connectivity index (χ3n) is 2.72. The van der Waals surface area contributed by atoms with Gasteiger partial charge in [-0.1, -0.05) is 23.7 Å². The van der Waals surface area contributed by atoms with Gasteiger partial charge in [-0.3, -0.25) is 4.98 Å². The minimum atomic E-state index is 0.252. The highest BCUT2D eigenvalue weighted by atomic mass is 79.9. The zero-order valence-corrected chi connectivity index (χ0v) is 12.4. The van der Waals surface area contributed by atoms with Gasteiger partial charge >= 0.3 is 0 Å². The van der Waals surface area contributed by atoms with Crippen molar-refractivity contribution in [2.75, 3.05) is 0 Å². The molecule has 0 amide bonds. The van der Waals surface area contributed by atoms with E-state index < -0.39 is 0 Å². The second-order valence-electron chi connectivity index (χ2n) is 4.17. The first-order valence-electron chi connectivity index (χ1n) is 5.73. The molecule has 1 aromatic heterocycles. The monoisotopic (exact) mass is 324 g/mol. The van der Waals surface area contributed by atoms with Gasteiger partial charge in [0.25, 0.3) is 0 Å². The second kappa shape index (κ2) is 6.32. The maximum Gasteiger partial charge on any atom is 0.0410 e. The fourth-order valence-electron chi connectivity index (χ4n) is 1.72. The number of halogens is 2. The van der Waals surface area contributed by atoms with E-state index in [1.807, 2.05) is 24.4 Å². The van der Waals surface area contributed by atoms with E-state index in [1.165, 1.54) is 5.56 Å². The van der Waals surface area contributed by atoms with E-state index in [9.17, 15) is 0 Å². The Hall–Kier alpha value is -0.900. The number of aromatic nitrogens is 1. The van der Waals surface area contributed by atoms with Crippen LogP contribution in [0.15, 0.2) is 47.2 Å². The molecule has 2 aromatic rings. The Morgan fingerprint density at radius 3 is 2.89 bits per heavy atom. The molecule has 1 aromatic carbocycles. The van der Waals surface area contributed by atoms with Crippen LogP contribution in [0.3, 0.4) is 0 Å². The summed E-state index contributed by atoms with van der Waals surface area (Å²) < 4.78 is 0.997. The predicted octanol–water partition coefficient (Wildman–Crippen LogP) is 4.35. The highest BCUT2D eigenvalue weighted by Crippen LogP contribution is 2.18. The Kier molecular flexibility index (Phi) is 4.75. The Bertz CT molecular complexity index is 531. The summed E-state index contributed by atoms with van der Waals surface area (Å²) in [4.78, 5) is 4.14. The van der Waals surface area contributed by atoms with Crippen molar-refractivity contribution in [1.82, 2.24) is 10.3 Å². The number of rotatable bonds is 4. The van der Waals surface area contributed by atoms with Crippen molar-refractivity contribution >= 4 is 27.5 Å². The highest BCUT2D eigenvalue weighted by molar-refractivity contribution is 9.10. The molecular formula is C14H14BrClN2. The lowest BCUT2D eigenvalue weighted by Gasteiger charge is -2.14. The molecule has 94 valence electrons. The molecule has 0 aliphatic carbocycles. The van der Waals surface area contributed by atoms with Gasteiger partial charge in [-0.25, -0.2) is 0 Å². The van der Waals surface area contributed by atoms with Crippen molar-refractivity contribution in [2.45, 2.75) is 19.5 Å². The van der Waals surface area contributed by atoms with Crippen molar-refractivity contribution in [3.8, 4) is 0 Å². The van der Waals surface area contributed by atoms with E-state index in [0.717, 1.165) is 21.6 Å². The molecule has 0 spiro atoms. The minimum Gasteiger partial charge on any atom is -0.306 e. The lowest BCUT2D eigenvalue weighted by molar-refractivity contribution is 0.574. The number of nitrogens with one attached hydrogen (secondary N) is 1. The van der Waals surface area contributed by atoms with Gasteiger partial charge in [0.2, 0.25) is 0 Å². The smallest absolute Gasteiger partial charge is 0.0410 e. The van der Waals surface area contributed by atoms with Crippen LogP contribution in [0.5, 0.6) is 0 Å². The Morgan fingerprint density at radius 2 is 2.17 bits per heavy atom. The summed E-state index contributed by atoms with van der Waals surface area (Å²) in [5.41, 5.74) is 2.34. The first-order valence-corrected chi connectivity index (χ1v) is 6.90. The molecule has 0 saturated carbocycles. The van der Waals surface area contributed by atoms with Crippen LogP contribution in [0.1, 0.15) is 24.1 Å². The van der Waals surface area contributed by atoms with Crippen LogP contribution in [-0.2, 0) is 6.54 Å². The van der Waals surface area contributed by atoms with Crippen molar-refractivity contribution in [3.63, 3.8) is 0 Å². The summed E-state index contributed by atoms with van der Waals surface area (Å²) in [5.74, 6) is 0. The van der Waals surface area contributed by atoms with Gasteiger partial charge in [0.1, 0.15) is 0 Å². The maximum absolute atomic E-state index is 5.98. The summed E-state index contributed by atoms with van der Waals surface area (Å²) in [5, 5.41) is 4.22. The van der Waals surface area contributed by atoms with Crippen LogP contribution in [0.2, 0.25) is 5.02 Å². The van der Waals surface area contributed by atoms with E-state index in [2.05, 4.69) is 45.3 Å². The summed E-state index contributed by atoms with van der Waals surface area (Å²) in [7, 11) is 0. The molecule has 1 heterocycles. The first-order chi connectivity index (χ1) is 8.65. The molecule has 0 aliphatic rings. The second-order valence-corrected chi connectivity index (χ2v) is 5.52. The van der Waals surface area contributed by atoms with Crippen molar-refractivity contribution in [3.05, 3.63) is 63.3 Å². The Balaban J connectivity index is 1.98. The SMILES string of the molecule is C[C@H](NCc1cncc(Br)c1)c1cccc(Cl)c1. The summed E-state index contributed by atoms with van der Waals surface area (Å²) in [6.07, 6.45) is 3.65. The van der Waals surface area contributed by atoms with Crippen molar-refractivity contribution < 1.29 is 0 Å². The number of pyridine rings is 1. The molecule has 1 atom stereocenters. The van der Waals surface area contributed by atoms with Gasteiger partial charge in [0, 0.05) is 34.5 Å². The van der Waals surface area contributed by atoms with Crippen LogP contribution >= 0.6 is 27.5 Å². The third-order valence-corrected chi connectivity index (χ3v) is 3.39. The molecule has 0 aliphatic heterocycles. The molecule has 18 heavy (non-hydrogen) atoms. The lowest BCUT2D eigenvalue weighted by Crippen LogP contribution is -2.18. The molecule has 1 N–H and O–H groups in total. The fraction of sp³-hybridized carbons (Fsp3) is 0.214. The zero-order valence-electron chi connectivity index (χ0n) is 10.0. The zero-order chi connectivity index (χ0) is 13.0. The van der Waals surface area contributed by atoms with Crippen LogP contribution in [-0.4, -0.2) is 4.98 Å². The molecule has 0 radical (unpaired) electrons. The van der Waals surface area contributed by atoms with Crippen LogP contribution in [0.4, 0.5) is 0 Å². The van der Waals surface area contributed by atoms with E-state index in [4.69, 9.17) is 11.6 Å². The summed E-state index contributed by atoms with van der Waals surface area (Å²) >= 11 is 9.40. The van der Waals surface area contributed by atoms with Crippen LogP contribution in [0.25, 0.3) is 0 Å². The molecule has 0 fully saturated rings. The largest absolute Gasteiger partial charge is 0.306 e. The number of hydrogen-bond donors (Lipinski definition) is 1. The Morgan fingerprint density at radius 1 is 1.33 bits per heavy atom. The third kappa shape index (κ3) is 3.80. The van der Waals surface area contributed by atoms with Gasteiger partial charge in [0.05, 0.1) is 0 Å². The first kappa shape index (κ1) is 13.5. The van der Waals surface area contributed by atoms with Crippen LogP contribution < -0.4 is 5.32 Å². The van der Waals surface area contributed by atoms with E-state index in [0.29, 0.717) is 0 Å². The molecule has 4 heteroatoms. The average Bonchev–Trinajstić information content (AvgIpc) is 2.36. The van der Waals surface area contributed by atoms with E-state index in [-0.39, 0.29) is 6.04 Å². The lowest BCUT2D eigenvalue weighted by atomic mass is 10.1. The predicted molar refractivity (Wildman–Crippen MR) is 78.6 cm³/mol. The van der Waals surface area contributed by atoms with E-state index >= 15 is 0 Å². The Labute approximate surface area is 121 Å². The highest BCUT2D eigenvalue weighted by Gasteiger charge is 2.05. The molecule has 2 nitrogen and oxygen atoms in total. The number of nitrogens with zero attached hydrogens (tertiary/aromatic N) is 1. The quantitative estimate of drug-likeness (QED) is 0.904. The van der Waals surface area contributed by atoms with Gasteiger partial charge in [-0.05, 0) is 52.2 Å². The van der Waals surface area contributed by atoms with Gasteiger partial charge in [-0.2, -0.15) is 0 Å². The minimum absolute atomic E-state index is 0.252. The summed E-state index contributed by atoms with van der Waals surface area (Å²) in [6, 6.07) is 10.2. The average molecular weight is 326 g/mol.